The Bertz CT molecular complexity index is 1140. The first-order chi connectivity index (χ1) is 13.8. The van der Waals surface area contributed by atoms with E-state index in [0.29, 0.717) is 22.9 Å². The van der Waals surface area contributed by atoms with Gasteiger partial charge in [0.25, 0.3) is 0 Å². The number of benzene rings is 2. The standard InChI is InChI=1S/C18H18N6O4S/c1-28-14-6-2-4-12(8-14)23-18(25)24-17-10-16(20-11-21-17)22-13-5-3-7-15(9-13)29(19,26)27/h2-11H,1H3,(H2,19,26,27)(H3,20,21,22,23,24,25). The first-order valence-corrected chi connectivity index (χ1v) is 9.82. The third kappa shape index (κ3) is 5.64. The number of sulfonamides is 1. The van der Waals surface area contributed by atoms with Crippen molar-refractivity contribution in [1.82, 2.24) is 9.97 Å². The molecule has 0 saturated heterocycles. The van der Waals surface area contributed by atoms with E-state index < -0.39 is 16.1 Å². The molecule has 0 atom stereocenters. The van der Waals surface area contributed by atoms with Gasteiger partial charge in [-0.25, -0.2) is 28.3 Å². The number of nitrogens with zero attached hydrogens (tertiary/aromatic N) is 2. The molecule has 3 aromatic rings. The maximum absolute atomic E-state index is 12.2. The minimum absolute atomic E-state index is 0.0347. The normalized spacial score (nSPS) is 10.8. The fraction of sp³-hybridized carbons (Fsp3) is 0.0556. The first kappa shape index (κ1) is 20.0. The minimum atomic E-state index is -3.82. The maximum Gasteiger partial charge on any atom is 0.324 e. The molecule has 11 heteroatoms. The summed E-state index contributed by atoms with van der Waals surface area (Å²) < 4.78 is 28.0. The summed E-state index contributed by atoms with van der Waals surface area (Å²) in [6, 6.07) is 13.8. The number of amides is 2. The van der Waals surface area contributed by atoms with E-state index in [1.54, 1.807) is 36.4 Å². The summed E-state index contributed by atoms with van der Waals surface area (Å²) in [5, 5.41) is 13.3. The Morgan fingerprint density at radius 3 is 2.45 bits per heavy atom. The number of hydrogen-bond acceptors (Lipinski definition) is 7. The molecule has 5 N–H and O–H groups in total. The molecule has 0 unspecified atom stereocenters. The predicted molar refractivity (Wildman–Crippen MR) is 109 cm³/mol. The second-order valence-corrected chi connectivity index (χ2v) is 7.36. The zero-order valence-electron chi connectivity index (χ0n) is 15.3. The molecule has 0 fully saturated rings. The number of primary sulfonamides is 1. The third-order valence-electron chi connectivity index (χ3n) is 3.67. The van der Waals surface area contributed by atoms with Crippen molar-refractivity contribution in [3.05, 3.63) is 60.9 Å². The fourth-order valence-corrected chi connectivity index (χ4v) is 2.93. The van der Waals surface area contributed by atoms with Gasteiger partial charge in [0.2, 0.25) is 10.0 Å². The topological polar surface area (TPSA) is 148 Å². The number of anilines is 4. The second kappa shape index (κ2) is 8.54. The van der Waals surface area contributed by atoms with Crippen molar-refractivity contribution in [2.75, 3.05) is 23.1 Å². The molecule has 2 amide bonds. The second-order valence-electron chi connectivity index (χ2n) is 5.80. The van der Waals surface area contributed by atoms with Crippen LogP contribution in [-0.4, -0.2) is 31.5 Å². The molecule has 10 nitrogen and oxygen atoms in total. The summed E-state index contributed by atoms with van der Waals surface area (Å²) >= 11 is 0. The highest BCUT2D eigenvalue weighted by Crippen LogP contribution is 2.20. The van der Waals surface area contributed by atoms with E-state index in [0.717, 1.165) is 0 Å². The lowest BCUT2D eigenvalue weighted by atomic mass is 10.3. The molecule has 0 aliphatic carbocycles. The van der Waals surface area contributed by atoms with E-state index in [4.69, 9.17) is 9.88 Å². The van der Waals surface area contributed by atoms with Gasteiger partial charge >= 0.3 is 6.03 Å². The van der Waals surface area contributed by atoms with Gasteiger partial charge in [-0.15, -0.1) is 0 Å². The van der Waals surface area contributed by atoms with Gasteiger partial charge < -0.3 is 15.4 Å². The Labute approximate surface area is 167 Å². The SMILES string of the molecule is COc1cccc(NC(=O)Nc2cc(Nc3cccc(S(N)(=O)=O)c3)ncn2)c1. The van der Waals surface area contributed by atoms with E-state index in [1.807, 2.05) is 0 Å². The third-order valence-corrected chi connectivity index (χ3v) is 4.58. The van der Waals surface area contributed by atoms with Gasteiger partial charge in [0.1, 0.15) is 23.7 Å². The molecule has 3 rings (SSSR count). The van der Waals surface area contributed by atoms with Gasteiger partial charge in [-0.05, 0) is 30.3 Å². The van der Waals surface area contributed by atoms with E-state index in [2.05, 4.69) is 25.9 Å². The van der Waals surface area contributed by atoms with Crippen LogP contribution in [0, 0.1) is 0 Å². The van der Waals surface area contributed by atoms with Crippen molar-refractivity contribution in [1.29, 1.82) is 0 Å². The first-order valence-electron chi connectivity index (χ1n) is 8.27. The monoisotopic (exact) mass is 414 g/mol. The average molecular weight is 414 g/mol. The van der Waals surface area contributed by atoms with Crippen LogP contribution < -0.4 is 25.8 Å². The Balaban J connectivity index is 1.68. The van der Waals surface area contributed by atoms with Crippen molar-refractivity contribution in [3.8, 4) is 5.75 Å². The van der Waals surface area contributed by atoms with E-state index in [9.17, 15) is 13.2 Å². The molecule has 2 aromatic carbocycles. The van der Waals surface area contributed by atoms with Gasteiger partial charge in [-0.1, -0.05) is 12.1 Å². The number of aromatic nitrogens is 2. The van der Waals surface area contributed by atoms with Gasteiger partial charge in [-0.3, -0.25) is 5.32 Å². The van der Waals surface area contributed by atoms with E-state index in [1.165, 1.54) is 31.6 Å². The van der Waals surface area contributed by atoms with Gasteiger partial charge in [0.15, 0.2) is 0 Å². The van der Waals surface area contributed by atoms with Gasteiger partial charge in [-0.2, -0.15) is 0 Å². The van der Waals surface area contributed by atoms with E-state index in [-0.39, 0.29) is 10.7 Å². The van der Waals surface area contributed by atoms with Crippen LogP contribution in [0.5, 0.6) is 5.75 Å². The number of nitrogens with one attached hydrogen (secondary N) is 3. The number of carbonyl (C=O) groups excluding carboxylic acids is 1. The fourth-order valence-electron chi connectivity index (χ4n) is 2.37. The molecule has 0 bridgehead atoms. The number of urea groups is 1. The number of rotatable bonds is 6. The van der Waals surface area contributed by atoms with Crippen LogP contribution in [0.15, 0.2) is 65.8 Å². The zero-order chi connectivity index (χ0) is 20.9. The number of nitrogens with two attached hydrogens (primary N) is 1. The lowest BCUT2D eigenvalue weighted by molar-refractivity contribution is 0.262. The molecule has 1 aromatic heterocycles. The number of carbonyl (C=O) groups is 1. The van der Waals surface area contributed by atoms with Crippen LogP contribution in [0.1, 0.15) is 0 Å². The minimum Gasteiger partial charge on any atom is -0.497 e. The zero-order valence-corrected chi connectivity index (χ0v) is 16.1. The molecular weight excluding hydrogens is 396 g/mol. The Morgan fingerprint density at radius 1 is 0.966 bits per heavy atom. The summed E-state index contributed by atoms with van der Waals surface area (Å²) in [6.07, 6.45) is 1.26. The quantitative estimate of drug-likeness (QED) is 0.484. The van der Waals surface area contributed by atoms with Crippen LogP contribution in [0.25, 0.3) is 0 Å². The van der Waals surface area contributed by atoms with Crippen molar-refractivity contribution < 1.29 is 17.9 Å². The van der Waals surface area contributed by atoms with Crippen LogP contribution in [0.4, 0.5) is 27.8 Å². The number of ether oxygens (including phenoxy) is 1. The van der Waals surface area contributed by atoms with Gasteiger partial charge in [0.05, 0.1) is 12.0 Å². The molecule has 0 saturated carbocycles. The predicted octanol–water partition coefficient (Wildman–Crippen LogP) is 2.52. The molecule has 29 heavy (non-hydrogen) atoms. The summed E-state index contributed by atoms with van der Waals surface area (Å²) in [6.45, 7) is 0. The Hall–Kier alpha value is -3.70. The maximum atomic E-state index is 12.2. The molecule has 150 valence electrons. The number of methoxy groups -OCH3 is 1. The average Bonchev–Trinajstić information content (AvgIpc) is 2.68. The van der Waals surface area contributed by atoms with Crippen LogP contribution in [-0.2, 0) is 10.0 Å². The van der Waals surface area contributed by atoms with E-state index >= 15 is 0 Å². The summed E-state index contributed by atoms with van der Waals surface area (Å²) in [4.78, 5) is 20.2. The summed E-state index contributed by atoms with van der Waals surface area (Å²) in [5.74, 6) is 1.20. The van der Waals surface area contributed by atoms with Crippen molar-refractivity contribution >= 4 is 39.1 Å². The van der Waals surface area contributed by atoms with Crippen molar-refractivity contribution in [2.24, 2.45) is 5.14 Å². The van der Waals surface area contributed by atoms with Crippen LogP contribution in [0.3, 0.4) is 0 Å². The lowest BCUT2D eigenvalue weighted by Gasteiger charge is -2.10. The molecule has 0 aliphatic heterocycles. The molecule has 0 spiro atoms. The highest BCUT2D eigenvalue weighted by Gasteiger charge is 2.09. The highest BCUT2D eigenvalue weighted by molar-refractivity contribution is 7.89. The number of hydrogen-bond donors (Lipinski definition) is 4. The molecular formula is C18H18N6O4S. The van der Waals surface area contributed by atoms with Crippen LogP contribution in [0.2, 0.25) is 0 Å². The molecule has 0 radical (unpaired) electrons. The smallest absolute Gasteiger partial charge is 0.324 e. The summed E-state index contributed by atoms with van der Waals surface area (Å²) in [5.41, 5.74) is 1.01. The molecule has 1 heterocycles. The van der Waals surface area contributed by atoms with Gasteiger partial charge in [0, 0.05) is 23.5 Å². The lowest BCUT2D eigenvalue weighted by Crippen LogP contribution is -2.20. The molecule has 0 aliphatic rings. The van der Waals surface area contributed by atoms with Crippen molar-refractivity contribution in [2.45, 2.75) is 4.90 Å². The Morgan fingerprint density at radius 2 is 1.69 bits per heavy atom. The van der Waals surface area contributed by atoms with Crippen molar-refractivity contribution in [3.63, 3.8) is 0 Å². The van der Waals surface area contributed by atoms with Crippen LogP contribution >= 0.6 is 0 Å². The Kier molecular flexibility index (Phi) is 5.90. The summed E-state index contributed by atoms with van der Waals surface area (Å²) in [7, 11) is -2.29. The highest BCUT2D eigenvalue weighted by atomic mass is 32.2. The largest absolute Gasteiger partial charge is 0.497 e.